The highest BCUT2D eigenvalue weighted by atomic mass is 79.9. The molecule has 0 aliphatic carbocycles. The number of carbonyl (C=O) groups excluding carboxylic acids is 1. The lowest BCUT2D eigenvalue weighted by molar-refractivity contribution is -0.384. The Morgan fingerprint density at radius 1 is 0.967 bits per heavy atom. The van der Waals surface area contributed by atoms with Crippen LogP contribution in [-0.4, -0.2) is 16.7 Å². The van der Waals surface area contributed by atoms with E-state index < -0.39 is 4.92 Å². The zero-order valence-electron chi connectivity index (χ0n) is 15.3. The molecule has 0 atom stereocenters. The van der Waals surface area contributed by atoms with Gasteiger partial charge in [-0.15, -0.1) is 0 Å². The van der Waals surface area contributed by atoms with Gasteiger partial charge in [-0.3, -0.25) is 19.8 Å². The standard InChI is InChI=1S/C22H13Br2N3O3/c23-15-4-3-5-17(13-15)26-21(18-6-1-2-7-19(18)24)25-20(22(26)28)12-14-8-10-16(11-9-14)27(29)30/h1-13H/b20-12+. The summed E-state index contributed by atoms with van der Waals surface area (Å²) in [7, 11) is 0. The molecule has 0 aromatic heterocycles. The molecule has 0 fully saturated rings. The Labute approximate surface area is 189 Å². The van der Waals surface area contributed by atoms with Crippen LogP contribution in [0.1, 0.15) is 11.1 Å². The second-order valence-corrected chi connectivity index (χ2v) is 8.18. The number of rotatable bonds is 4. The molecule has 0 N–H and O–H groups in total. The minimum atomic E-state index is -0.462. The lowest BCUT2D eigenvalue weighted by Crippen LogP contribution is -2.32. The van der Waals surface area contributed by atoms with Crippen molar-refractivity contribution in [2.24, 2.45) is 4.99 Å². The number of carbonyl (C=O) groups is 1. The predicted molar refractivity (Wildman–Crippen MR) is 123 cm³/mol. The fourth-order valence-corrected chi connectivity index (χ4v) is 3.89. The molecule has 0 radical (unpaired) electrons. The van der Waals surface area contributed by atoms with Gasteiger partial charge in [-0.1, -0.05) is 56.1 Å². The number of hydrogen-bond acceptors (Lipinski definition) is 4. The van der Waals surface area contributed by atoms with Gasteiger partial charge >= 0.3 is 0 Å². The number of hydrogen-bond donors (Lipinski definition) is 0. The number of nitro benzene ring substituents is 1. The molecule has 0 unspecified atom stereocenters. The summed E-state index contributed by atoms with van der Waals surface area (Å²) in [6.07, 6.45) is 1.63. The molecule has 1 aliphatic rings. The van der Waals surface area contributed by atoms with E-state index in [-0.39, 0.29) is 17.3 Å². The fraction of sp³-hybridized carbons (Fsp3) is 0. The molecular weight excluding hydrogens is 514 g/mol. The van der Waals surface area contributed by atoms with Crippen LogP contribution < -0.4 is 4.90 Å². The van der Waals surface area contributed by atoms with Crippen molar-refractivity contribution in [1.82, 2.24) is 0 Å². The van der Waals surface area contributed by atoms with Crippen molar-refractivity contribution in [2.45, 2.75) is 0 Å². The fourth-order valence-electron chi connectivity index (χ4n) is 3.04. The van der Waals surface area contributed by atoms with Crippen molar-refractivity contribution in [3.8, 4) is 0 Å². The zero-order chi connectivity index (χ0) is 21.3. The van der Waals surface area contributed by atoms with E-state index in [0.717, 1.165) is 14.5 Å². The highest BCUT2D eigenvalue weighted by molar-refractivity contribution is 9.10. The number of nitro groups is 1. The Kier molecular flexibility index (Phi) is 5.61. The quantitative estimate of drug-likeness (QED) is 0.239. The van der Waals surface area contributed by atoms with Crippen LogP contribution in [-0.2, 0) is 4.79 Å². The molecule has 4 rings (SSSR count). The first kappa shape index (κ1) is 20.2. The van der Waals surface area contributed by atoms with Crippen LogP contribution in [0.5, 0.6) is 0 Å². The monoisotopic (exact) mass is 525 g/mol. The van der Waals surface area contributed by atoms with E-state index in [9.17, 15) is 14.9 Å². The normalized spacial score (nSPS) is 14.9. The first-order valence-corrected chi connectivity index (χ1v) is 10.4. The summed E-state index contributed by atoms with van der Waals surface area (Å²) in [6.45, 7) is 0. The number of anilines is 1. The van der Waals surface area contributed by atoms with E-state index >= 15 is 0 Å². The minimum absolute atomic E-state index is 0.0110. The Balaban J connectivity index is 1.82. The van der Waals surface area contributed by atoms with Crippen molar-refractivity contribution in [3.63, 3.8) is 0 Å². The van der Waals surface area contributed by atoms with Crippen LogP contribution in [0.3, 0.4) is 0 Å². The third kappa shape index (κ3) is 3.96. The minimum Gasteiger partial charge on any atom is -0.266 e. The van der Waals surface area contributed by atoms with Crippen LogP contribution in [0.2, 0.25) is 0 Å². The Morgan fingerprint density at radius 3 is 2.37 bits per heavy atom. The number of amidine groups is 1. The molecule has 6 nitrogen and oxygen atoms in total. The largest absolute Gasteiger partial charge is 0.282 e. The number of halogens is 2. The lowest BCUT2D eigenvalue weighted by atomic mass is 10.1. The van der Waals surface area contributed by atoms with Gasteiger partial charge in [0.25, 0.3) is 11.6 Å². The van der Waals surface area contributed by atoms with Crippen LogP contribution in [0.4, 0.5) is 11.4 Å². The van der Waals surface area contributed by atoms with Gasteiger partial charge in [0.1, 0.15) is 11.5 Å². The molecule has 0 saturated carbocycles. The number of amides is 1. The third-order valence-corrected chi connectivity index (χ3v) is 5.63. The van der Waals surface area contributed by atoms with E-state index in [1.807, 2.05) is 48.5 Å². The summed E-state index contributed by atoms with van der Waals surface area (Å²) in [4.78, 5) is 29.9. The highest BCUT2D eigenvalue weighted by Crippen LogP contribution is 2.31. The van der Waals surface area contributed by atoms with Crippen molar-refractivity contribution in [3.05, 3.63) is 109 Å². The topological polar surface area (TPSA) is 75.8 Å². The molecule has 1 heterocycles. The SMILES string of the molecule is O=C1/C(=C\c2ccc([N+](=O)[O-])cc2)N=C(c2ccccc2Br)N1c1cccc(Br)c1. The summed E-state index contributed by atoms with van der Waals surface area (Å²) in [5.41, 5.74) is 2.34. The van der Waals surface area contributed by atoms with Gasteiger partial charge in [0.2, 0.25) is 0 Å². The van der Waals surface area contributed by atoms with Crippen LogP contribution in [0.25, 0.3) is 6.08 Å². The van der Waals surface area contributed by atoms with E-state index in [0.29, 0.717) is 17.1 Å². The highest BCUT2D eigenvalue weighted by Gasteiger charge is 2.33. The maximum absolute atomic E-state index is 13.3. The average Bonchev–Trinajstić information content (AvgIpc) is 3.04. The van der Waals surface area contributed by atoms with E-state index in [1.54, 1.807) is 23.1 Å². The van der Waals surface area contributed by atoms with E-state index in [4.69, 9.17) is 0 Å². The van der Waals surface area contributed by atoms with Crippen LogP contribution in [0.15, 0.2) is 92.4 Å². The molecule has 3 aromatic carbocycles. The molecule has 0 spiro atoms. The molecular formula is C22H13Br2N3O3. The summed E-state index contributed by atoms with van der Waals surface area (Å²) in [5, 5.41) is 10.9. The molecule has 0 saturated heterocycles. The van der Waals surface area contributed by atoms with Gasteiger partial charge in [0, 0.05) is 26.6 Å². The van der Waals surface area contributed by atoms with Crippen LogP contribution in [0, 0.1) is 10.1 Å². The van der Waals surface area contributed by atoms with Crippen LogP contribution >= 0.6 is 31.9 Å². The lowest BCUT2D eigenvalue weighted by Gasteiger charge is -2.19. The van der Waals surface area contributed by atoms with E-state index in [2.05, 4.69) is 36.9 Å². The molecule has 148 valence electrons. The Hall–Kier alpha value is -3.10. The number of aliphatic imine (C=N–C) groups is 1. The zero-order valence-corrected chi connectivity index (χ0v) is 18.5. The van der Waals surface area contributed by atoms with Crippen molar-refractivity contribution in [2.75, 3.05) is 4.90 Å². The second kappa shape index (κ2) is 8.33. The summed E-state index contributed by atoms with van der Waals surface area (Å²) in [6, 6.07) is 20.9. The smallest absolute Gasteiger partial charge is 0.266 e. The molecule has 0 bridgehead atoms. The van der Waals surface area contributed by atoms with Gasteiger partial charge in [-0.05, 0) is 48.0 Å². The van der Waals surface area contributed by atoms with Gasteiger partial charge < -0.3 is 0 Å². The Bertz CT molecular complexity index is 1220. The van der Waals surface area contributed by atoms with Gasteiger partial charge in [0.05, 0.1) is 10.6 Å². The predicted octanol–water partition coefficient (Wildman–Crippen LogP) is 5.95. The molecule has 1 aliphatic heterocycles. The molecule has 3 aromatic rings. The van der Waals surface area contributed by atoms with Gasteiger partial charge in [-0.25, -0.2) is 4.99 Å². The maximum Gasteiger partial charge on any atom is 0.282 e. The average molecular weight is 527 g/mol. The second-order valence-electron chi connectivity index (χ2n) is 6.41. The molecule has 30 heavy (non-hydrogen) atoms. The third-order valence-electron chi connectivity index (χ3n) is 4.45. The first-order chi connectivity index (χ1) is 14.4. The van der Waals surface area contributed by atoms with E-state index in [1.165, 1.54) is 12.1 Å². The number of benzene rings is 3. The van der Waals surface area contributed by atoms with Crippen molar-refractivity contribution < 1.29 is 9.72 Å². The summed E-state index contributed by atoms with van der Waals surface area (Å²) >= 11 is 6.99. The van der Waals surface area contributed by atoms with Crippen molar-refractivity contribution >= 4 is 61.1 Å². The number of non-ortho nitro benzene ring substituents is 1. The molecule has 8 heteroatoms. The Morgan fingerprint density at radius 2 is 1.70 bits per heavy atom. The van der Waals surface area contributed by atoms with Gasteiger partial charge in [0.15, 0.2) is 0 Å². The first-order valence-electron chi connectivity index (χ1n) is 8.84. The molecule has 1 amide bonds. The van der Waals surface area contributed by atoms with Gasteiger partial charge in [-0.2, -0.15) is 0 Å². The summed E-state index contributed by atoms with van der Waals surface area (Å²) in [5.74, 6) is 0.218. The van der Waals surface area contributed by atoms with Crippen molar-refractivity contribution in [1.29, 1.82) is 0 Å². The number of nitrogens with zero attached hydrogens (tertiary/aromatic N) is 3. The summed E-state index contributed by atoms with van der Waals surface area (Å²) < 4.78 is 1.65. The maximum atomic E-state index is 13.3.